The summed E-state index contributed by atoms with van der Waals surface area (Å²) in [5.74, 6) is -0.111. The van der Waals surface area contributed by atoms with Crippen LogP contribution in [-0.4, -0.2) is 10.4 Å². The van der Waals surface area contributed by atoms with Crippen molar-refractivity contribution in [2.24, 2.45) is 0 Å². The molecule has 0 aliphatic heterocycles. The molecule has 0 N–H and O–H groups in total. The second-order valence-electron chi connectivity index (χ2n) is 4.18. The summed E-state index contributed by atoms with van der Waals surface area (Å²) in [5, 5.41) is 0. The number of ketones is 1. The number of hydrogen-bond acceptors (Lipinski definition) is 2. The highest BCUT2D eigenvalue weighted by molar-refractivity contribution is 5.94. The lowest BCUT2D eigenvalue weighted by atomic mass is 10.1. The smallest absolute Gasteiger partial charge is 0.255 e. The number of pyridine rings is 1. The number of allylic oxidation sites excluding steroid dienone is 2. The van der Waals surface area contributed by atoms with E-state index in [4.69, 9.17) is 0 Å². The zero-order chi connectivity index (χ0) is 13.0. The van der Waals surface area contributed by atoms with E-state index in [-0.39, 0.29) is 11.3 Å². The summed E-state index contributed by atoms with van der Waals surface area (Å²) in [6.07, 6.45) is 4.16. The molecule has 0 saturated heterocycles. The SMILES string of the molecule is C=C(C)C/C=C\n1c(C(C)=O)c(C)ccc1=O. The van der Waals surface area contributed by atoms with Gasteiger partial charge in [0.15, 0.2) is 5.78 Å². The molecule has 0 fully saturated rings. The third-order valence-electron chi connectivity index (χ3n) is 2.38. The van der Waals surface area contributed by atoms with Crippen LogP contribution in [0.2, 0.25) is 0 Å². The van der Waals surface area contributed by atoms with Gasteiger partial charge in [-0.2, -0.15) is 0 Å². The molecule has 0 radical (unpaired) electrons. The van der Waals surface area contributed by atoms with Crippen molar-refractivity contribution in [2.75, 3.05) is 0 Å². The standard InChI is InChI=1S/C14H17NO2/c1-10(2)6-5-9-15-13(17)8-7-11(3)14(15)12(4)16/h5,7-9H,1,6H2,2-4H3/b9-5-. The highest BCUT2D eigenvalue weighted by atomic mass is 16.1. The number of aromatic nitrogens is 1. The average Bonchev–Trinajstić information content (AvgIpc) is 2.22. The van der Waals surface area contributed by atoms with Gasteiger partial charge in [-0.25, -0.2) is 0 Å². The largest absolute Gasteiger partial charge is 0.293 e. The highest BCUT2D eigenvalue weighted by Gasteiger charge is 2.09. The Kier molecular flexibility index (Phi) is 4.21. The van der Waals surface area contributed by atoms with Gasteiger partial charge in [0.2, 0.25) is 0 Å². The molecular weight excluding hydrogens is 214 g/mol. The van der Waals surface area contributed by atoms with Gasteiger partial charge in [0.25, 0.3) is 5.56 Å². The van der Waals surface area contributed by atoms with Crippen LogP contribution in [0.5, 0.6) is 0 Å². The monoisotopic (exact) mass is 231 g/mol. The van der Waals surface area contributed by atoms with Gasteiger partial charge >= 0.3 is 0 Å². The second kappa shape index (κ2) is 5.43. The molecule has 1 aromatic rings. The van der Waals surface area contributed by atoms with Gasteiger partial charge in [0.1, 0.15) is 0 Å². The second-order valence-corrected chi connectivity index (χ2v) is 4.18. The van der Waals surface area contributed by atoms with Crippen molar-refractivity contribution in [3.8, 4) is 0 Å². The molecule has 0 unspecified atom stereocenters. The summed E-state index contributed by atoms with van der Waals surface area (Å²) in [6, 6.07) is 3.13. The minimum Gasteiger partial charge on any atom is -0.293 e. The lowest BCUT2D eigenvalue weighted by Gasteiger charge is -2.08. The minimum absolute atomic E-state index is 0.111. The molecule has 90 valence electrons. The Hall–Kier alpha value is -1.90. The lowest BCUT2D eigenvalue weighted by Crippen LogP contribution is -2.21. The van der Waals surface area contributed by atoms with Gasteiger partial charge in [-0.05, 0) is 25.8 Å². The van der Waals surface area contributed by atoms with Crippen LogP contribution in [-0.2, 0) is 0 Å². The number of carbonyl (C=O) groups excluding carboxylic acids is 1. The molecule has 0 atom stereocenters. The average molecular weight is 231 g/mol. The number of aryl methyl sites for hydroxylation is 1. The summed E-state index contributed by atoms with van der Waals surface area (Å²) in [6.45, 7) is 8.97. The van der Waals surface area contributed by atoms with E-state index in [1.54, 1.807) is 12.3 Å². The van der Waals surface area contributed by atoms with Crippen molar-refractivity contribution >= 4 is 12.0 Å². The Morgan fingerprint density at radius 1 is 1.41 bits per heavy atom. The van der Waals surface area contributed by atoms with Crippen molar-refractivity contribution in [3.05, 3.63) is 52.0 Å². The van der Waals surface area contributed by atoms with Crippen LogP contribution in [0.3, 0.4) is 0 Å². The van der Waals surface area contributed by atoms with E-state index in [1.165, 1.54) is 17.6 Å². The number of nitrogens with zero attached hydrogens (tertiary/aromatic N) is 1. The van der Waals surface area contributed by atoms with E-state index >= 15 is 0 Å². The summed E-state index contributed by atoms with van der Waals surface area (Å²) >= 11 is 0. The third-order valence-corrected chi connectivity index (χ3v) is 2.38. The van der Waals surface area contributed by atoms with Gasteiger partial charge < -0.3 is 0 Å². The molecule has 0 amide bonds. The number of hydrogen-bond donors (Lipinski definition) is 0. The van der Waals surface area contributed by atoms with Crippen molar-refractivity contribution in [1.82, 2.24) is 4.57 Å². The third kappa shape index (κ3) is 3.28. The maximum absolute atomic E-state index is 11.7. The van der Waals surface area contributed by atoms with Gasteiger partial charge in [-0.3, -0.25) is 14.2 Å². The van der Waals surface area contributed by atoms with E-state index < -0.39 is 0 Å². The molecule has 0 saturated carbocycles. The van der Waals surface area contributed by atoms with E-state index in [9.17, 15) is 9.59 Å². The first-order valence-corrected chi connectivity index (χ1v) is 5.47. The normalized spacial score (nSPS) is 10.8. The molecule has 0 aliphatic rings. The van der Waals surface area contributed by atoms with Crippen LogP contribution in [0.1, 0.15) is 36.3 Å². The molecule has 17 heavy (non-hydrogen) atoms. The first kappa shape index (κ1) is 13.2. The summed E-state index contributed by atoms with van der Waals surface area (Å²) < 4.78 is 1.39. The fraction of sp³-hybridized carbons (Fsp3) is 0.286. The molecule has 0 bridgehead atoms. The fourth-order valence-corrected chi connectivity index (χ4v) is 1.61. The Morgan fingerprint density at radius 3 is 2.59 bits per heavy atom. The van der Waals surface area contributed by atoms with Crippen molar-refractivity contribution in [3.63, 3.8) is 0 Å². The van der Waals surface area contributed by atoms with E-state index in [0.29, 0.717) is 12.1 Å². The summed E-state index contributed by atoms with van der Waals surface area (Å²) in [7, 11) is 0. The molecular formula is C14H17NO2. The fourth-order valence-electron chi connectivity index (χ4n) is 1.61. The molecule has 1 aromatic heterocycles. The minimum atomic E-state index is -0.196. The van der Waals surface area contributed by atoms with Crippen molar-refractivity contribution in [2.45, 2.75) is 27.2 Å². The number of carbonyl (C=O) groups is 1. The summed E-state index contributed by atoms with van der Waals surface area (Å²) in [4.78, 5) is 23.2. The first-order chi connectivity index (χ1) is 7.93. The van der Waals surface area contributed by atoms with Crippen LogP contribution >= 0.6 is 0 Å². The van der Waals surface area contributed by atoms with E-state index in [1.807, 2.05) is 19.9 Å². The summed E-state index contributed by atoms with van der Waals surface area (Å²) in [5.41, 5.74) is 2.05. The van der Waals surface area contributed by atoms with Crippen molar-refractivity contribution in [1.29, 1.82) is 0 Å². The van der Waals surface area contributed by atoms with E-state index in [0.717, 1.165) is 11.1 Å². The quantitative estimate of drug-likeness (QED) is 0.590. The van der Waals surface area contributed by atoms with Gasteiger partial charge in [0.05, 0.1) is 5.69 Å². The lowest BCUT2D eigenvalue weighted by molar-refractivity contribution is 0.101. The van der Waals surface area contributed by atoms with Crippen molar-refractivity contribution < 1.29 is 4.79 Å². The molecule has 1 rings (SSSR count). The number of Topliss-reactive ketones (excluding diaryl/α,β-unsaturated/α-hetero) is 1. The zero-order valence-corrected chi connectivity index (χ0v) is 10.5. The van der Waals surface area contributed by atoms with Gasteiger partial charge in [-0.1, -0.05) is 24.3 Å². The number of rotatable bonds is 4. The Morgan fingerprint density at radius 2 is 2.06 bits per heavy atom. The molecule has 0 aromatic carbocycles. The van der Waals surface area contributed by atoms with Crippen LogP contribution in [0.25, 0.3) is 6.20 Å². The molecule has 3 nitrogen and oxygen atoms in total. The zero-order valence-electron chi connectivity index (χ0n) is 10.5. The highest BCUT2D eigenvalue weighted by Crippen LogP contribution is 2.07. The predicted octanol–water partition coefficient (Wildman–Crippen LogP) is 2.80. The Bertz CT molecular complexity index is 536. The molecule has 3 heteroatoms. The van der Waals surface area contributed by atoms with E-state index in [2.05, 4.69) is 6.58 Å². The Labute approximate surface area is 101 Å². The van der Waals surface area contributed by atoms with Gasteiger partial charge in [0, 0.05) is 19.2 Å². The van der Waals surface area contributed by atoms with Gasteiger partial charge in [-0.15, -0.1) is 0 Å². The molecule has 0 aliphatic carbocycles. The van der Waals surface area contributed by atoms with Crippen LogP contribution in [0.15, 0.2) is 35.2 Å². The van der Waals surface area contributed by atoms with Crippen LogP contribution in [0, 0.1) is 6.92 Å². The molecule has 0 spiro atoms. The maximum Gasteiger partial charge on any atom is 0.255 e. The maximum atomic E-state index is 11.7. The topological polar surface area (TPSA) is 39.1 Å². The van der Waals surface area contributed by atoms with Crippen LogP contribution in [0.4, 0.5) is 0 Å². The first-order valence-electron chi connectivity index (χ1n) is 5.47. The predicted molar refractivity (Wildman–Crippen MR) is 70.2 cm³/mol. The Balaban J connectivity index is 3.26. The molecule has 1 heterocycles. The van der Waals surface area contributed by atoms with Crippen LogP contribution < -0.4 is 5.56 Å².